The lowest BCUT2D eigenvalue weighted by molar-refractivity contribution is -0.172. The molecule has 1 atom stereocenters. The molecule has 1 heterocycles. The fourth-order valence-corrected chi connectivity index (χ4v) is 2.49. The van der Waals surface area contributed by atoms with Gasteiger partial charge < -0.3 is 19.9 Å². The van der Waals surface area contributed by atoms with Gasteiger partial charge in [0.2, 0.25) is 0 Å². The zero-order chi connectivity index (χ0) is 11.9. The Hall–Kier alpha value is -0.160. The van der Waals surface area contributed by atoms with Crippen LogP contribution in [0.3, 0.4) is 0 Å². The summed E-state index contributed by atoms with van der Waals surface area (Å²) in [7, 11) is 0. The second-order valence-electron chi connectivity index (χ2n) is 5.07. The second-order valence-corrected chi connectivity index (χ2v) is 5.07. The molecule has 1 unspecified atom stereocenters. The Morgan fingerprint density at radius 2 is 1.71 bits per heavy atom. The summed E-state index contributed by atoms with van der Waals surface area (Å²) in [6.07, 6.45) is 8.19. The van der Waals surface area contributed by atoms with E-state index < -0.39 is 0 Å². The highest BCUT2D eigenvalue weighted by Crippen LogP contribution is 2.19. The monoisotopic (exact) mass is 243 g/mol. The summed E-state index contributed by atoms with van der Waals surface area (Å²) >= 11 is 0. The Morgan fingerprint density at radius 1 is 0.941 bits per heavy atom. The van der Waals surface area contributed by atoms with Crippen LogP contribution >= 0.6 is 0 Å². The van der Waals surface area contributed by atoms with Gasteiger partial charge in [0.05, 0.1) is 19.3 Å². The molecule has 17 heavy (non-hydrogen) atoms. The number of hydrogen-bond acceptors (Lipinski definition) is 4. The average Bonchev–Trinajstić information content (AvgIpc) is 2.38. The van der Waals surface area contributed by atoms with Gasteiger partial charge in [-0.25, -0.2) is 0 Å². The van der Waals surface area contributed by atoms with Gasteiger partial charge in [-0.2, -0.15) is 0 Å². The number of hydrogen-bond donors (Lipinski definition) is 1. The molecule has 0 amide bonds. The van der Waals surface area contributed by atoms with E-state index in [9.17, 15) is 0 Å². The van der Waals surface area contributed by atoms with E-state index in [1.807, 2.05) is 0 Å². The zero-order valence-electron chi connectivity index (χ0n) is 10.6. The van der Waals surface area contributed by atoms with Gasteiger partial charge in [-0.3, -0.25) is 0 Å². The van der Waals surface area contributed by atoms with Crippen LogP contribution in [0.2, 0.25) is 0 Å². The van der Waals surface area contributed by atoms with Gasteiger partial charge in [0.15, 0.2) is 6.29 Å². The third-order valence-electron chi connectivity index (χ3n) is 3.60. The van der Waals surface area contributed by atoms with Crippen molar-refractivity contribution in [2.45, 2.75) is 63.4 Å². The Labute approximate surface area is 104 Å². The van der Waals surface area contributed by atoms with Gasteiger partial charge in [-0.1, -0.05) is 0 Å². The molecule has 2 rings (SSSR count). The molecule has 4 heteroatoms. The van der Waals surface area contributed by atoms with Crippen molar-refractivity contribution < 1.29 is 14.2 Å². The van der Waals surface area contributed by atoms with Crippen LogP contribution in [0.25, 0.3) is 0 Å². The Bertz CT molecular complexity index is 199. The topological polar surface area (TPSA) is 53.7 Å². The largest absolute Gasteiger partial charge is 0.376 e. The lowest BCUT2D eigenvalue weighted by atomic mass is 9.94. The summed E-state index contributed by atoms with van der Waals surface area (Å²) in [5.74, 6) is 0. The molecule has 0 aromatic carbocycles. The molecule has 0 bridgehead atoms. The van der Waals surface area contributed by atoms with Gasteiger partial charge in [-0.05, 0) is 44.9 Å². The molecule has 2 aliphatic rings. The minimum absolute atomic E-state index is 0.00660. The molecular formula is C13H25NO3. The van der Waals surface area contributed by atoms with Crippen molar-refractivity contribution in [1.29, 1.82) is 0 Å². The molecule has 0 spiro atoms. The second kappa shape index (κ2) is 7.31. The SMILES string of the molecule is NC1CCC(OCCOC2CCCCO2)CC1. The first-order valence-electron chi connectivity index (χ1n) is 6.95. The molecule has 1 aliphatic carbocycles. The van der Waals surface area contributed by atoms with Crippen molar-refractivity contribution in [1.82, 2.24) is 0 Å². The molecule has 100 valence electrons. The highest BCUT2D eigenvalue weighted by atomic mass is 16.7. The van der Waals surface area contributed by atoms with Crippen molar-refractivity contribution in [3.05, 3.63) is 0 Å². The summed E-state index contributed by atoms with van der Waals surface area (Å²) < 4.78 is 16.9. The van der Waals surface area contributed by atoms with Crippen LogP contribution in [0.15, 0.2) is 0 Å². The smallest absolute Gasteiger partial charge is 0.157 e. The number of ether oxygens (including phenoxy) is 3. The first-order chi connectivity index (χ1) is 8.34. The molecule has 2 N–H and O–H groups in total. The van der Waals surface area contributed by atoms with Gasteiger partial charge in [0, 0.05) is 12.6 Å². The van der Waals surface area contributed by atoms with Crippen molar-refractivity contribution in [2.75, 3.05) is 19.8 Å². The van der Waals surface area contributed by atoms with E-state index >= 15 is 0 Å². The van der Waals surface area contributed by atoms with Crippen LogP contribution in [0.1, 0.15) is 44.9 Å². The fourth-order valence-electron chi connectivity index (χ4n) is 2.49. The van der Waals surface area contributed by atoms with Crippen LogP contribution < -0.4 is 5.73 Å². The molecule has 0 radical (unpaired) electrons. The van der Waals surface area contributed by atoms with Crippen LogP contribution in [-0.2, 0) is 14.2 Å². The number of rotatable bonds is 5. The van der Waals surface area contributed by atoms with E-state index in [4.69, 9.17) is 19.9 Å². The van der Waals surface area contributed by atoms with Crippen LogP contribution in [-0.4, -0.2) is 38.3 Å². The summed E-state index contributed by atoms with van der Waals surface area (Å²) in [4.78, 5) is 0. The van der Waals surface area contributed by atoms with E-state index in [0.29, 0.717) is 25.4 Å². The maximum absolute atomic E-state index is 5.85. The van der Waals surface area contributed by atoms with E-state index in [2.05, 4.69) is 0 Å². The first kappa shape index (κ1) is 13.3. The predicted molar refractivity (Wildman–Crippen MR) is 65.7 cm³/mol. The van der Waals surface area contributed by atoms with Crippen LogP contribution in [0, 0.1) is 0 Å². The van der Waals surface area contributed by atoms with E-state index in [0.717, 1.165) is 38.7 Å². The lowest BCUT2D eigenvalue weighted by Gasteiger charge is -2.27. The van der Waals surface area contributed by atoms with E-state index in [1.165, 1.54) is 12.8 Å². The highest BCUT2D eigenvalue weighted by molar-refractivity contribution is 4.74. The standard InChI is InChI=1S/C13H25NO3/c14-11-4-6-12(7-5-11)15-9-10-17-13-3-1-2-8-16-13/h11-13H,1-10,14H2. The number of nitrogens with two attached hydrogens (primary N) is 1. The van der Waals surface area contributed by atoms with Crippen molar-refractivity contribution in [3.63, 3.8) is 0 Å². The summed E-state index contributed by atoms with van der Waals surface area (Å²) in [5, 5.41) is 0. The minimum atomic E-state index is 0.00660. The molecule has 1 saturated heterocycles. The molecule has 0 aromatic rings. The third kappa shape index (κ3) is 4.92. The Morgan fingerprint density at radius 3 is 2.41 bits per heavy atom. The van der Waals surface area contributed by atoms with Crippen LogP contribution in [0.4, 0.5) is 0 Å². The minimum Gasteiger partial charge on any atom is -0.376 e. The third-order valence-corrected chi connectivity index (χ3v) is 3.60. The van der Waals surface area contributed by atoms with E-state index in [1.54, 1.807) is 0 Å². The van der Waals surface area contributed by atoms with Crippen LogP contribution in [0.5, 0.6) is 0 Å². The van der Waals surface area contributed by atoms with Gasteiger partial charge >= 0.3 is 0 Å². The van der Waals surface area contributed by atoms with Crippen molar-refractivity contribution in [2.24, 2.45) is 5.73 Å². The predicted octanol–water partition coefficient (Wildman–Crippen LogP) is 1.82. The summed E-state index contributed by atoms with van der Waals surface area (Å²) in [6.45, 7) is 2.17. The zero-order valence-corrected chi connectivity index (χ0v) is 10.6. The fraction of sp³-hybridized carbons (Fsp3) is 1.00. The van der Waals surface area contributed by atoms with Crippen molar-refractivity contribution >= 4 is 0 Å². The van der Waals surface area contributed by atoms with Gasteiger partial charge in [0.25, 0.3) is 0 Å². The quantitative estimate of drug-likeness (QED) is 0.748. The van der Waals surface area contributed by atoms with Gasteiger partial charge in [0.1, 0.15) is 0 Å². The molecular weight excluding hydrogens is 218 g/mol. The Balaban J connectivity index is 1.48. The maximum Gasteiger partial charge on any atom is 0.157 e. The maximum atomic E-state index is 5.85. The van der Waals surface area contributed by atoms with Gasteiger partial charge in [-0.15, -0.1) is 0 Å². The molecule has 0 aromatic heterocycles. The molecule has 2 fully saturated rings. The van der Waals surface area contributed by atoms with E-state index in [-0.39, 0.29) is 6.29 Å². The normalized spacial score (nSPS) is 34.8. The lowest BCUT2D eigenvalue weighted by Crippen LogP contribution is -2.31. The average molecular weight is 243 g/mol. The molecule has 1 saturated carbocycles. The Kier molecular flexibility index (Phi) is 5.71. The molecule has 4 nitrogen and oxygen atoms in total. The first-order valence-corrected chi connectivity index (χ1v) is 6.95. The summed E-state index contributed by atoms with van der Waals surface area (Å²) in [6, 6.07) is 0.390. The summed E-state index contributed by atoms with van der Waals surface area (Å²) in [5.41, 5.74) is 5.85. The molecule has 1 aliphatic heterocycles. The highest BCUT2D eigenvalue weighted by Gasteiger charge is 2.19. The van der Waals surface area contributed by atoms with Crippen molar-refractivity contribution in [3.8, 4) is 0 Å².